The van der Waals surface area contributed by atoms with E-state index in [1.165, 1.54) is 6.07 Å². The van der Waals surface area contributed by atoms with Gasteiger partial charge in [-0.2, -0.15) is 0 Å². The highest BCUT2D eigenvalue weighted by Gasteiger charge is 2.21. The summed E-state index contributed by atoms with van der Waals surface area (Å²) in [4.78, 5) is 16.3. The number of hydrogen-bond donors (Lipinski definition) is 0. The second kappa shape index (κ2) is 5.40. The summed E-state index contributed by atoms with van der Waals surface area (Å²) in [6, 6.07) is 10.0. The zero-order valence-corrected chi connectivity index (χ0v) is 11.3. The predicted octanol–water partition coefficient (Wildman–Crippen LogP) is 3.97. The van der Waals surface area contributed by atoms with Crippen LogP contribution in [0.1, 0.15) is 28.9 Å². The first kappa shape index (κ1) is 12.9. The summed E-state index contributed by atoms with van der Waals surface area (Å²) in [7, 11) is 0. The molecule has 0 amide bonds. The third-order valence-electron chi connectivity index (χ3n) is 2.74. The molecule has 0 fully saturated rings. The van der Waals surface area contributed by atoms with Crippen LogP contribution in [0.15, 0.2) is 47.1 Å². The summed E-state index contributed by atoms with van der Waals surface area (Å²) in [6.45, 7) is 1.73. The van der Waals surface area contributed by atoms with Crippen LogP contribution in [-0.4, -0.2) is 10.8 Å². The van der Waals surface area contributed by atoms with E-state index in [1.807, 2.05) is 6.07 Å². The summed E-state index contributed by atoms with van der Waals surface area (Å²) in [5, 5.41) is 0. The number of ketones is 1. The number of nitrogens with zero attached hydrogens (tertiary/aromatic N) is 1. The molecule has 0 aliphatic carbocycles. The van der Waals surface area contributed by atoms with Gasteiger partial charge in [0.25, 0.3) is 0 Å². The summed E-state index contributed by atoms with van der Waals surface area (Å²) < 4.78 is 14.1. The minimum absolute atomic E-state index is 0.0857. The third kappa shape index (κ3) is 2.48. The Labute approximate surface area is 113 Å². The smallest absolute Gasteiger partial charge is 0.174 e. The van der Waals surface area contributed by atoms with Gasteiger partial charge in [-0.3, -0.25) is 9.78 Å². The van der Waals surface area contributed by atoms with E-state index < -0.39 is 11.7 Å². The van der Waals surface area contributed by atoms with Crippen molar-refractivity contribution in [3.05, 3.63) is 64.1 Å². The highest BCUT2D eigenvalue weighted by Crippen LogP contribution is 2.24. The Morgan fingerprint density at radius 3 is 2.72 bits per heavy atom. The van der Waals surface area contributed by atoms with Crippen LogP contribution in [0.4, 0.5) is 4.39 Å². The summed E-state index contributed by atoms with van der Waals surface area (Å²) >= 11 is 3.08. The lowest BCUT2D eigenvalue weighted by Gasteiger charge is -2.10. The molecule has 0 radical (unpaired) electrons. The van der Waals surface area contributed by atoms with E-state index in [0.717, 1.165) is 0 Å². The van der Waals surface area contributed by atoms with Crippen molar-refractivity contribution in [1.29, 1.82) is 0 Å². The first-order chi connectivity index (χ1) is 8.61. The van der Waals surface area contributed by atoms with Gasteiger partial charge in [0.2, 0.25) is 0 Å². The van der Waals surface area contributed by atoms with Crippen molar-refractivity contribution in [2.45, 2.75) is 12.8 Å². The SMILES string of the molecule is CC(C(=O)c1cccc(Br)c1F)c1ccccn1. The average molecular weight is 308 g/mol. The molecule has 1 heterocycles. The van der Waals surface area contributed by atoms with Gasteiger partial charge in [0.15, 0.2) is 5.78 Å². The van der Waals surface area contributed by atoms with Crippen LogP contribution in [0.2, 0.25) is 0 Å². The number of benzene rings is 1. The molecular formula is C14H11BrFNO. The summed E-state index contributed by atoms with van der Waals surface area (Å²) in [5.41, 5.74) is 0.726. The quantitative estimate of drug-likeness (QED) is 0.803. The fourth-order valence-electron chi connectivity index (χ4n) is 1.69. The molecule has 0 aliphatic rings. The van der Waals surface area contributed by atoms with Crippen LogP contribution in [0.5, 0.6) is 0 Å². The number of pyridine rings is 1. The molecule has 18 heavy (non-hydrogen) atoms. The number of halogens is 2. The Kier molecular flexibility index (Phi) is 3.87. The fraction of sp³-hybridized carbons (Fsp3) is 0.143. The number of hydrogen-bond acceptors (Lipinski definition) is 2. The van der Waals surface area contributed by atoms with E-state index in [9.17, 15) is 9.18 Å². The van der Waals surface area contributed by atoms with Crippen LogP contribution in [0, 0.1) is 5.82 Å². The maximum absolute atomic E-state index is 13.8. The van der Waals surface area contributed by atoms with Crippen LogP contribution in [0.25, 0.3) is 0 Å². The maximum atomic E-state index is 13.8. The minimum Gasteiger partial charge on any atom is -0.293 e. The normalized spacial score (nSPS) is 12.2. The number of carbonyl (C=O) groups excluding carboxylic acids is 1. The van der Waals surface area contributed by atoms with Crippen molar-refractivity contribution >= 4 is 21.7 Å². The van der Waals surface area contributed by atoms with Gasteiger partial charge in [-0.15, -0.1) is 0 Å². The van der Waals surface area contributed by atoms with E-state index in [4.69, 9.17) is 0 Å². The van der Waals surface area contributed by atoms with Crippen molar-refractivity contribution in [2.75, 3.05) is 0 Å². The van der Waals surface area contributed by atoms with Crippen molar-refractivity contribution in [3.8, 4) is 0 Å². The molecule has 1 unspecified atom stereocenters. The molecule has 2 nitrogen and oxygen atoms in total. The van der Waals surface area contributed by atoms with Crippen LogP contribution in [-0.2, 0) is 0 Å². The second-order valence-electron chi connectivity index (χ2n) is 3.94. The van der Waals surface area contributed by atoms with E-state index in [1.54, 1.807) is 37.4 Å². The van der Waals surface area contributed by atoms with Crippen LogP contribution >= 0.6 is 15.9 Å². The van der Waals surface area contributed by atoms with Gasteiger partial charge in [0, 0.05) is 6.20 Å². The third-order valence-corrected chi connectivity index (χ3v) is 3.35. The van der Waals surface area contributed by atoms with Crippen molar-refractivity contribution in [1.82, 2.24) is 4.98 Å². The van der Waals surface area contributed by atoms with Crippen molar-refractivity contribution < 1.29 is 9.18 Å². The van der Waals surface area contributed by atoms with Crippen molar-refractivity contribution in [3.63, 3.8) is 0 Å². The lowest BCUT2D eigenvalue weighted by Crippen LogP contribution is -2.12. The molecule has 1 atom stereocenters. The minimum atomic E-state index is -0.523. The number of carbonyl (C=O) groups is 1. The first-order valence-electron chi connectivity index (χ1n) is 5.50. The van der Waals surface area contributed by atoms with Crippen molar-refractivity contribution in [2.24, 2.45) is 0 Å². The predicted molar refractivity (Wildman–Crippen MR) is 71.1 cm³/mol. The Balaban J connectivity index is 2.35. The monoisotopic (exact) mass is 307 g/mol. The standard InChI is InChI=1S/C14H11BrFNO/c1-9(12-7-2-3-8-17-12)14(18)10-5-4-6-11(15)13(10)16/h2-9H,1H3. The second-order valence-corrected chi connectivity index (χ2v) is 4.80. The average Bonchev–Trinajstić information content (AvgIpc) is 2.41. The molecule has 2 aromatic rings. The number of aromatic nitrogens is 1. The van der Waals surface area contributed by atoms with Crippen LogP contribution < -0.4 is 0 Å². The summed E-state index contributed by atoms with van der Waals surface area (Å²) in [5.74, 6) is -1.26. The molecular weight excluding hydrogens is 297 g/mol. The van der Waals surface area contributed by atoms with Gasteiger partial charge in [0.1, 0.15) is 5.82 Å². The largest absolute Gasteiger partial charge is 0.293 e. The lowest BCUT2D eigenvalue weighted by atomic mass is 9.95. The van der Waals surface area contributed by atoms with Gasteiger partial charge >= 0.3 is 0 Å². The molecule has 2 rings (SSSR count). The fourth-order valence-corrected chi connectivity index (χ4v) is 2.06. The zero-order chi connectivity index (χ0) is 13.1. The van der Waals surface area contributed by atoms with Gasteiger partial charge in [0.05, 0.1) is 21.6 Å². The molecule has 92 valence electrons. The molecule has 4 heteroatoms. The molecule has 1 aromatic carbocycles. The summed E-state index contributed by atoms with van der Waals surface area (Å²) in [6.07, 6.45) is 1.62. The molecule has 0 spiro atoms. The molecule has 1 aromatic heterocycles. The molecule has 0 saturated carbocycles. The zero-order valence-electron chi connectivity index (χ0n) is 9.73. The van der Waals surface area contributed by atoms with Gasteiger partial charge in [-0.1, -0.05) is 12.1 Å². The molecule has 0 aliphatic heterocycles. The Bertz CT molecular complexity index is 571. The highest BCUT2D eigenvalue weighted by atomic mass is 79.9. The molecule has 0 saturated heterocycles. The lowest BCUT2D eigenvalue weighted by molar-refractivity contribution is 0.0960. The van der Waals surface area contributed by atoms with E-state index in [-0.39, 0.29) is 11.3 Å². The number of Topliss-reactive ketones (excluding diaryl/α,β-unsaturated/α-hetero) is 1. The molecule has 0 bridgehead atoms. The van der Waals surface area contributed by atoms with Gasteiger partial charge < -0.3 is 0 Å². The maximum Gasteiger partial charge on any atom is 0.174 e. The Hall–Kier alpha value is -1.55. The number of rotatable bonds is 3. The topological polar surface area (TPSA) is 30.0 Å². The van der Waals surface area contributed by atoms with Gasteiger partial charge in [-0.25, -0.2) is 4.39 Å². The first-order valence-corrected chi connectivity index (χ1v) is 6.29. The van der Waals surface area contributed by atoms with E-state index >= 15 is 0 Å². The van der Waals surface area contributed by atoms with E-state index in [2.05, 4.69) is 20.9 Å². The Morgan fingerprint density at radius 1 is 1.28 bits per heavy atom. The van der Waals surface area contributed by atoms with E-state index in [0.29, 0.717) is 10.2 Å². The van der Waals surface area contributed by atoms with Crippen LogP contribution in [0.3, 0.4) is 0 Å². The van der Waals surface area contributed by atoms with Gasteiger partial charge in [-0.05, 0) is 47.1 Å². The Morgan fingerprint density at radius 2 is 2.06 bits per heavy atom. The molecule has 0 N–H and O–H groups in total. The highest BCUT2D eigenvalue weighted by molar-refractivity contribution is 9.10.